The van der Waals surface area contributed by atoms with E-state index in [0.29, 0.717) is 22.1 Å². The first kappa shape index (κ1) is 13.0. The van der Waals surface area contributed by atoms with E-state index in [4.69, 9.17) is 0 Å². The van der Waals surface area contributed by atoms with E-state index in [2.05, 4.69) is 81.7 Å². The molecule has 0 aliphatic carbocycles. The largest absolute Gasteiger partial charge is 0.286 e. The van der Waals surface area contributed by atoms with Crippen molar-refractivity contribution in [2.24, 2.45) is 5.92 Å². The summed E-state index contributed by atoms with van der Waals surface area (Å²) in [6.07, 6.45) is 0. The van der Waals surface area contributed by atoms with Crippen LogP contribution in [0.3, 0.4) is 0 Å². The summed E-state index contributed by atoms with van der Waals surface area (Å²) in [6, 6.07) is 11.5. The molecule has 1 fully saturated rings. The van der Waals surface area contributed by atoms with Crippen LogP contribution in [0.4, 0.5) is 0 Å². The lowest BCUT2D eigenvalue weighted by Crippen LogP contribution is -2.42. The molecule has 17 heavy (non-hydrogen) atoms. The van der Waals surface area contributed by atoms with Gasteiger partial charge in [0.1, 0.15) is 0 Å². The van der Waals surface area contributed by atoms with Crippen molar-refractivity contribution in [2.75, 3.05) is 7.05 Å². The topological polar surface area (TPSA) is 3.24 Å². The average molecular weight is 249 g/mol. The fraction of sp³-hybridized carbons (Fsp3) is 0.600. The van der Waals surface area contributed by atoms with Crippen LogP contribution in [0.2, 0.25) is 0 Å². The van der Waals surface area contributed by atoms with Crippen molar-refractivity contribution < 1.29 is 0 Å². The Morgan fingerprint density at radius 3 is 2.24 bits per heavy atom. The van der Waals surface area contributed by atoms with Crippen LogP contribution in [0.1, 0.15) is 38.6 Å². The Morgan fingerprint density at radius 1 is 1.18 bits per heavy atom. The van der Waals surface area contributed by atoms with Gasteiger partial charge in [-0.3, -0.25) is 4.90 Å². The first-order chi connectivity index (χ1) is 7.93. The van der Waals surface area contributed by atoms with Crippen LogP contribution in [-0.2, 0) is 0 Å². The van der Waals surface area contributed by atoms with Crippen LogP contribution in [0.25, 0.3) is 0 Å². The molecule has 0 saturated carbocycles. The van der Waals surface area contributed by atoms with Crippen molar-refractivity contribution in [3.63, 3.8) is 0 Å². The van der Waals surface area contributed by atoms with Crippen LogP contribution in [0, 0.1) is 5.92 Å². The first-order valence-electron chi connectivity index (χ1n) is 6.38. The second-order valence-electron chi connectivity index (χ2n) is 5.84. The van der Waals surface area contributed by atoms with Crippen LogP contribution < -0.4 is 0 Å². The lowest BCUT2D eigenvalue weighted by atomic mass is 9.91. The number of thioether (sulfide) groups is 1. The lowest BCUT2D eigenvalue weighted by molar-refractivity contribution is 0.173. The Hall–Kier alpha value is -0.470. The molecule has 2 unspecified atom stereocenters. The Morgan fingerprint density at radius 2 is 1.76 bits per heavy atom. The van der Waals surface area contributed by atoms with Crippen LogP contribution in [-0.4, -0.2) is 22.7 Å². The molecule has 0 spiro atoms. The average Bonchev–Trinajstić information content (AvgIpc) is 2.50. The number of nitrogens with zero attached hydrogens (tertiary/aromatic N) is 1. The molecule has 0 N–H and O–H groups in total. The van der Waals surface area contributed by atoms with Gasteiger partial charge >= 0.3 is 0 Å². The SMILES string of the molecule is CC(C)C1N(C)C(c2ccccc2)SC1(C)C. The predicted octanol–water partition coefficient (Wildman–Crippen LogP) is 4.17. The summed E-state index contributed by atoms with van der Waals surface area (Å²) in [4.78, 5) is 2.55. The monoisotopic (exact) mass is 249 g/mol. The molecule has 1 aromatic carbocycles. The van der Waals surface area contributed by atoms with E-state index >= 15 is 0 Å². The maximum absolute atomic E-state index is 2.55. The third-order valence-corrected chi connectivity index (χ3v) is 5.33. The number of hydrogen-bond acceptors (Lipinski definition) is 2. The molecule has 1 saturated heterocycles. The van der Waals surface area contributed by atoms with Crippen molar-refractivity contribution in [2.45, 2.75) is 43.9 Å². The Bertz CT molecular complexity index is 372. The molecular formula is C15H23NS. The summed E-state index contributed by atoms with van der Waals surface area (Å²) in [7, 11) is 2.27. The molecule has 2 rings (SSSR count). The molecule has 94 valence electrons. The van der Waals surface area contributed by atoms with E-state index in [9.17, 15) is 0 Å². The van der Waals surface area contributed by atoms with Gasteiger partial charge in [0.2, 0.25) is 0 Å². The molecule has 0 bridgehead atoms. The van der Waals surface area contributed by atoms with E-state index in [0.717, 1.165) is 0 Å². The number of benzene rings is 1. The van der Waals surface area contributed by atoms with Gasteiger partial charge < -0.3 is 0 Å². The van der Waals surface area contributed by atoms with Crippen molar-refractivity contribution in [3.05, 3.63) is 35.9 Å². The summed E-state index contributed by atoms with van der Waals surface area (Å²) in [5.41, 5.74) is 1.43. The number of rotatable bonds is 2. The molecule has 0 amide bonds. The van der Waals surface area contributed by atoms with Gasteiger partial charge in [0.05, 0.1) is 5.37 Å². The third-order valence-electron chi connectivity index (χ3n) is 3.65. The second-order valence-corrected chi connectivity index (χ2v) is 7.57. The van der Waals surface area contributed by atoms with Crippen LogP contribution in [0.15, 0.2) is 30.3 Å². The van der Waals surface area contributed by atoms with Gasteiger partial charge in [-0.05, 0) is 32.4 Å². The fourth-order valence-electron chi connectivity index (χ4n) is 3.27. The lowest BCUT2D eigenvalue weighted by Gasteiger charge is -2.33. The third kappa shape index (κ3) is 2.38. The molecule has 1 nitrogen and oxygen atoms in total. The van der Waals surface area contributed by atoms with E-state index < -0.39 is 0 Å². The van der Waals surface area contributed by atoms with E-state index in [1.807, 2.05) is 0 Å². The Balaban J connectivity index is 2.29. The highest BCUT2D eigenvalue weighted by molar-refractivity contribution is 8.01. The van der Waals surface area contributed by atoms with Gasteiger partial charge in [-0.15, -0.1) is 11.8 Å². The maximum Gasteiger partial charge on any atom is 0.0820 e. The molecule has 1 aliphatic rings. The van der Waals surface area contributed by atoms with Gasteiger partial charge in [0.15, 0.2) is 0 Å². The zero-order valence-corrected chi connectivity index (χ0v) is 12.3. The standard InChI is InChI=1S/C15H23NS/c1-11(2)13-15(3,4)17-14(16(13)5)12-9-7-6-8-10-12/h6-11,13-14H,1-5H3. The smallest absolute Gasteiger partial charge is 0.0820 e. The molecule has 1 heterocycles. The molecule has 1 aliphatic heterocycles. The minimum Gasteiger partial charge on any atom is -0.286 e. The minimum absolute atomic E-state index is 0.323. The highest BCUT2D eigenvalue weighted by Gasteiger charge is 2.46. The summed E-state index contributed by atoms with van der Waals surface area (Å²) in [5, 5.41) is 0.499. The molecule has 2 atom stereocenters. The summed E-state index contributed by atoms with van der Waals surface area (Å²) < 4.78 is 0.323. The van der Waals surface area contributed by atoms with Gasteiger partial charge in [-0.1, -0.05) is 44.2 Å². The predicted molar refractivity (Wildman–Crippen MR) is 77.2 cm³/mol. The van der Waals surface area contributed by atoms with Gasteiger partial charge in [-0.25, -0.2) is 0 Å². The van der Waals surface area contributed by atoms with Crippen molar-refractivity contribution in [1.82, 2.24) is 4.90 Å². The Kier molecular flexibility index (Phi) is 3.55. The molecule has 1 aromatic rings. The van der Waals surface area contributed by atoms with Crippen LogP contribution >= 0.6 is 11.8 Å². The van der Waals surface area contributed by atoms with E-state index in [-0.39, 0.29) is 0 Å². The first-order valence-corrected chi connectivity index (χ1v) is 7.26. The quantitative estimate of drug-likeness (QED) is 0.774. The number of hydrogen-bond donors (Lipinski definition) is 0. The van der Waals surface area contributed by atoms with Crippen molar-refractivity contribution >= 4 is 11.8 Å². The summed E-state index contributed by atoms with van der Waals surface area (Å²) in [5.74, 6) is 0.691. The normalized spacial score (nSPS) is 28.8. The highest BCUT2D eigenvalue weighted by Crippen LogP contribution is 2.53. The van der Waals surface area contributed by atoms with Gasteiger partial charge in [0, 0.05) is 10.8 Å². The second kappa shape index (κ2) is 4.66. The highest BCUT2D eigenvalue weighted by atomic mass is 32.2. The van der Waals surface area contributed by atoms with Crippen LogP contribution in [0.5, 0.6) is 0 Å². The zero-order chi connectivity index (χ0) is 12.6. The fourth-order valence-corrected chi connectivity index (χ4v) is 5.01. The minimum atomic E-state index is 0.323. The van der Waals surface area contributed by atoms with Crippen molar-refractivity contribution in [1.29, 1.82) is 0 Å². The van der Waals surface area contributed by atoms with Gasteiger partial charge in [0.25, 0.3) is 0 Å². The summed E-state index contributed by atoms with van der Waals surface area (Å²) >= 11 is 2.09. The summed E-state index contributed by atoms with van der Waals surface area (Å²) in [6.45, 7) is 9.41. The van der Waals surface area contributed by atoms with Crippen molar-refractivity contribution in [3.8, 4) is 0 Å². The van der Waals surface area contributed by atoms with E-state index in [1.165, 1.54) is 5.56 Å². The Labute approximate surface area is 110 Å². The van der Waals surface area contributed by atoms with E-state index in [1.54, 1.807) is 0 Å². The molecular weight excluding hydrogens is 226 g/mol. The van der Waals surface area contributed by atoms with Gasteiger partial charge in [-0.2, -0.15) is 0 Å². The molecule has 2 heteroatoms. The molecule has 0 radical (unpaired) electrons. The molecule has 0 aromatic heterocycles. The maximum atomic E-state index is 2.55. The zero-order valence-electron chi connectivity index (χ0n) is 11.5.